The van der Waals surface area contributed by atoms with Gasteiger partial charge in [-0.1, -0.05) is 36.2 Å². The van der Waals surface area contributed by atoms with Crippen LogP contribution in [0.15, 0.2) is 30.9 Å². The molecule has 1 fully saturated rings. The third kappa shape index (κ3) is 3.67. The number of hydrogen-bond donors (Lipinski definition) is 1. The zero-order valence-corrected chi connectivity index (χ0v) is 14.9. The molecule has 0 radical (unpaired) electrons. The number of thioether (sulfide) groups is 1. The molecule has 2 aromatic rings. The molecule has 8 heteroatoms. The summed E-state index contributed by atoms with van der Waals surface area (Å²) in [6.07, 6.45) is 3.03. The van der Waals surface area contributed by atoms with E-state index >= 15 is 0 Å². The molecule has 0 spiro atoms. The molecule has 1 saturated heterocycles. The molecule has 2 heterocycles. The molecule has 1 aromatic carbocycles. The van der Waals surface area contributed by atoms with Crippen LogP contribution in [0.3, 0.4) is 0 Å². The summed E-state index contributed by atoms with van der Waals surface area (Å²) in [4.78, 5) is 3.94. The third-order valence-electron chi connectivity index (χ3n) is 3.94. The van der Waals surface area contributed by atoms with Gasteiger partial charge in [-0.15, -0.1) is 11.8 Å². The van der Waals surface area contributed by atoms with E-state index in [-0.39, 0.29) is 11.8 Å². The second kappa shape index (κ2) is 6.99. The molecule has 2 unspecified atom stereocenters. The van der Waals surface area contributed by atoms with Crippen molar-refractivity contribution < 1.29 is 9.84 Å². The predicted octanol–water partition coefficient (Wildman–Crippen LogP) is 2.99. The Morgan fingerprint density at radius 3 is 2.83 bits per heavy atom. The zero-order chi connectivity index (χ0) is 16.4. The van der Waals surface area contributed by atoms with E-state index in [0.717, 1.165) is 0 Å². The quantitative estimate of drug-likeness (QED) is 0.843. The first-order chi connectivity index (χ1) is 11.0. The summed E-state index contributed by atoms with van der Waals surface area (Å²) in [7, 11) is 0. The van der Waals surface area contributed by atoms with E-state index in [9.17, 15) is 5.11 Å². The van der Waals surface area contributed by atoms with Gasteiger partial charge < -0.3 is 9.84 Å². The Morgan fingerprint density at radius 1 is 1.48 bits per heavy atom. The SMILES string of the molecule is CC(SC1COC1)C(O)(Cn1cncn1)c1ccc(Cl)cc1Cl. The lowest BCUT2D eigenvalue weighted by Gasteiger charge is -2.38. The van der Waals surface area contributed by atoms with Crippen LogP contribution in [0.2, 0.25) is 10.0 Å². The van der Waals surface area contributed by atoms with Gasteiger partial charge in [0.15, 0.2) is 0 Å². The minimum absolute atomic E-state index is 0.112. The van der Waals surface area contributed by atoms with Crippen LogP contribution in [-0.4, -0.2) is 43.6 Å². The van der Waals surface area contributed by atoms with E-state index in [4.69, 9.17) is 27.9 Å². The van der Waals surface area contributed by atoms with Gasteiger partial charge in [0.25, 0.3) is 0 Å². The van der Waals surface area contributed by atoms with E-state index < -0.39 is 5.60 Å². The number of ether oxygens (including phenoxy) is 1. The minimum atomic E-state index is -1.20. The lowest BCUT2D eigenvalue weighted by molar-refractivity contribution is 0.0137. The van der Waals surface area contributed by atoms with Gasteiger partial charge in [0, 0.05) is 20.9 Å². The number of aliphatic hydroxyl groups is 1. The first kappa shape index (κ1) is 17.0. The van der Waals surface area contributed by atoms with Crippen LogP contribution < -0.4 is 0 Å². The van der Waals surface area contributed by atoms with Crippen molar-refractivity contribution in [1.82, 2.24) is 14.8 Å². The van der Waals surface area contributed by atoms with Crippen LogP contribution in [0, 0.1) is 0 Å². The van der Waals surface area contributed by atoms with Crippen molar-refractivity contribution in [2.24, 2.45) is 0 Å². The fourth-order valence-electron chi connectivity index (χ4n) is 2.53. The molecule has 1 aromatic heterocycles. The second-order valence-electron chi connectivity index (χ2n) is 5.58. The number of hydrogen-bond acceptors (Lipinski definition) is 5. The number of nitrogens with zero attached hydrogens (tertiary/aromatic N) is 3. The van der Waals surface area contributed by atoms with Crippen LogP contribution in [0.4, 0.5) is 0 Å². The molecule has 1 aliphatic rings. The van der Waals surface area contributed by atoms with E-state index in [0.29, 0.717) is 34.1 Å². The lowest BCUT2D eigenvalue weighted by Crippen LogP contribution is -2.43. The maximum absolute atomic E-state index is 11.5. The van der Waals surface area contributed by atoms with Crippen molar-refractivity contribution in [3.63, 3.8) is 0 Å². The van der Waals surface area contributed by atoms with Crippen LogP contribution in [-0.2, 0) is 16.9 Å². The highest BCUT2D eigenvalue weighted by atomic mass is 35.5. The fraction of sp³-hybridized carbons (Fsp3) is 0.467. The largest absolute Gasteiger partial charge is 0.382 e. The van der Waals surface area contributed by atoms with E-state index in [1.165, 1.54) is 6.33 Å². The highest BCUT2D eigenvalue weighted by Crippen LogP contribution is 2.41. The van der Waals surface area contributed by atoms with Gasteiger partial charge in [-0.3, -0.25) is 0 Å². The Balaban J connectivity index is 1.93. The lowest BCUT2D eigenvalue weighted by atomic mass is 9.90. The normalized spacial score (nSPS) is 19.1. The molecule has 1 N–H and O–H groups in total. The molecular weight excluding hydrogens is 357 g/mol. The van der Waals surface area contributed by atoms with Crippen LogP contribution in [0.25, 0.3) is 0 Å². The topological polar surface area (TPSA) is 60.2 Å². The molecule has 0 saturated carbocycles. The number of aromatic nitrogens is 3. The van der Waals surface area contributed by atoms with Gasteiger partial charge in [-0.25, -0.2) is 9.67 Å². The maximum atomic E-state index is 11.5. The zero-order valence-electron chi connectivity index (χ0n) is 12.5. The van der Waals surface area contributed by atoms with Crippen molar-refractivity contribution in [3.05, 3.63) is 46.5 Å². The van der Waals surface area contributed by atoms with Gasteiger partial charge in [-0.2, -0.15) is 5.10 Å². The van der Waals surface area contributed by atoms with Crippen LogP contribution >= 0.6 is 35.0 Å². The molecule has 3 rings (SSSR count). The fourth-order valence-corrected chi connectivity index (χ4v) is 4.45. The molecule has 1 aliphatic heterocycles. The first-order valence-electron chi connectivity index (χ1n) is 7.22. The molecule has 23 heavy (non-hydrogen) atoms. The summed E-state index contributed by atoms with van der Waals surface area (Å²) in [6, 6.07) is 5.16. The summed E-state index contributed by atoms with van der Waals surface area (Å²) in [5.74, 6) is 0. The molecular formula is C15H17Cl2N3O2S. The molecule has 2 atom stereocenters. The summed E-state index contributed by atoms with van der Waals surface area (Å²) < 4.78 is 6.84. The smallest absolute Gasteiger partial charge is 0.137 e. The van der Waals surface area contributed by atoms with Gasteiger partial charge in [-0.05, 0) is 12.1 Å². The monoisotopic (exact) mass is 373 g/mol. The van der Waals surface area contributed by atoms with Gasteiger partial charge in [0.1, 0.15) is 18.3 Å². The van der Waals surface area contributed by atoms with Crippen molar-refractivity contribution in [1.29, 1.82) is 0 Å². The van der Waals surface area contributed by atoms with Crippen molar-refractivity contribution in [2.45, 2.75) is 29.6 Å². The van der Waals surface area contributed by atoms with Gasteiger partial charge in [0.05, 0.1) is 25.0 Å². The average Bonchev–Trinajstić information content (AvgIpc) is 2.95. The molecule has 124 valence electrons. The Hall–Kier alpha value is -0.790. The number of halogens is 2. The van der Waals surface area contributed by atoms with E-state index in [1.54, 1.807) is 41.0 Å². The molecule has 0 aliphatic carbocycles. The van der Waals surface area contributed by atoms with Crippen LogP contribution in [0.5, 0.6) is 0 Å². The predicted molar refractivity (Wildman–Crippen MR) is 92.0 cm³/mol. The van der Waals surface area contributed by atoms with Crippen molar-refractivity contribution in [3.8, 4) is 0 Å². The van der Waals surface area contributed by atoms with E-state index in [1.807, 2.05) is 6.92 Å². The molecule has 5 nitrogen and oxygen atoms in total. The minimum Gasteiger partial charge on any atom is -0.382 e. The molecule has 0 bridgehead atoms. The number of rotatable bonds is 6. The summed E-state index contributed by atoms with van der Waals surface area (Å²) >= 11 is 14.0. The first-order valence-corrected chi connectivity index (χ1v) is 8.92. The summed E-state index contributed by atoms with van der Waals surface area (Å²) in [5, 5.41) is 16.9. The average molecular weight is 374 g/mol. The van der Waals surface area contributed by atoms with E-state index in [2.05, 4.69) is 10.1 Å². The standard InChI is InChI=1S/C15H17Cl2N3O2S/c1-10(23-12-5-22-6-12)15(21,7-20-9-18-8-19-20)13-3-2-11(16)4-14(13)17/h2-4,8-10,12,21H,5-7H2,1H3. The van der Waals surface area contributed by atoms with Gasteiger partial charge in [0.2, 0.25) is 0 Å². The highest BCUT2D eigenvalue weighted by molar-refractivity contribution is 8.00. The van der Waals surface area contributed by atoms with Crippen LogP contribution in [0.1, 0.15) is 12.5 Å². The maximum Gasteiger partial charge on any atom is 0.137 e. The Kier molecular flexibility index (Phi) is 5.18. The summed E-state index contributed by atoms with van der Waals surface area (Å²) in [5.41, 5.74) is -0.561. The summed E-state index contributed by atoms with van der Waals surface area (Å²) in [6.45, 7) is 3.67. The number of benzene rings is 1. The Morgan fingerprint density at radius 2 is 2.26 bits per heavy atom. The Bertz CT molecular complexity index is 667. The van der Waals surface area contributed by atoms with Crippen molar-refractivity contribution in [2.75, 3.05) is 13.2 Å². The van der Waals surface area contributed by atoms with Gasteiger partial charge >= 0.3 is 0 Å². The third-order valence-corrected chi connectivity index (χ3v) is 5.95. The Labute approximate surface area is 149 Å². The second-order valence-corrected chi connectivity index (χ2v) is 8.07. The van der Waals surface area contributed by atoms with Crippen molar-refractivity contribution >= 4 is 35.0 Å². The molecule has 0 amide bonds. The highest BCUT2D eigenvalue weighted by Gasteiger charge is 2.40.